The highest BCUT2D eigenvalue weighted by molar-refractivity contribution is 5.90. The minimum Gasteiger partial charge on any atom is -0.508 e. The highest BCUT2D eigenvalue weighted by Crippen LogP contribution is 2.43. The second-order valence-corrected chi connectivity index (χ2v) is 22.7. The van der Waals surface area contributed by atoms with Crippen LogP contribution in [0.3, 0.4) is 0 Å². The number of carbonyl (C=O) groups is 5. The second kappa shape index (κ2) is 26.2. The number of benzene rings is 1. The Kier molecular flexibility index (Phi) is 19.3. The third-order valence-corrected chi connectivity index (χ3v) is 16.3. The lowest BCUT2D eigenvalue weighted by molar-refractivity contribution is -0.175. The molecule has 3 atom stereocenters. The SMILES string of the molecule is CCc1cc(O)n(CC2CCC(C(=O)NCc3cn(CCC(CC)OCCC(C)(C)NC(=O)COCC(=O)NC(COC(=O)OC4(CC)C(=O)OCc5c4cc4n(c5=O)Cc5c-4nc4ccc(O)cc4c5CC)C(C)C)nn3)CC2)c1O. The summed E-state index contributed by atoms with van der Waals surface area (Å²) in [6, 6.07) is 7.45. The van der Waals surface area contributed by atoms with E-state index in [1.807, 2.05) is 54.7 Å². The Labute approximate surface area is 476 Å². The first-order chi connectivity index (χ1) is 39.2. The molecule has 3 aliphatic rings. The minimum absolute atomic E-state index is 0.0179. The van der Waals surface area contributed by atoms with Gasteiger partial charge in [0, 0.05) is 59.3 Å². The van der Waals surface area contributed by atoms with Crippen molar-refractivity contribution in [2.75, 3.05) is 26.4 Å². The Morgan fingerprint density at radius 1 is 0.951 bits per heavy atom. The average molecular weight is 1140 g/mol. The molecule has 23 heteroatoms. The van der Waals surface area contributed by atoms with Crippen molar-refractivity contribution in [3.05, 3.63) is 80.4 Å². The standard InChI is InChI=1S/C59H79N9O14/c1-9-36-23-51(72)68(54(36)74)27-35-13-15-37(16-14-35)53(73)60-26-38-28-66(65-64-38)21-19-40(10-2)79-22-20-58(7,8)63-50(71)33-78-32-49(70)61-47(34(5)6)31-81-57(77)82-59(12-4)45-25-48-52-43(29-67(48)55(75)44(45)30-80-56(59)76)41(11-3)42-24-39(69)17-18-46(42)62-52/h17-18,23-25,28,34-35,37,40,47,69,72,74H,9-16,19-22,26-27,29-33H2,1-8H3,(H,60,73)(H,61,70)(H,63,71). The molecule has 1 aliphatic carbocycles. The van der Waals surface area contributed by atoms with E-state index in [1.165, 1.54) is 0 Å². The van der Waals surface area contributed by atoms with E-state index in [0.717, 1.165) is 54.2 Å². The molecule has 1 saturated carbocycles. The summed E-state index contributed by atoms with van der Waals surface area (Å²) >= 11 is 0. The lowest BCUT2D eigenvalue weighted by Gasteiger charge is -2.35. The monoisotopic (exact) mass is 1140 g/mol. The molecule has 0 spiro atoms. The first kappa shape index (κ1) is 60.6. The van der Waals surface area contributed by atoms with Gasteiger partial charge < -0.3 is 59.5 Å². The van der Waals surface area contributed by atoms with Crippen molar-refractivity contribution >= 4 is 40.7 Å². The first-order valence-electron chi connectivity index (χ1n) is 28.7. The van der Waals surface area contributed by atoms with Gasteiger partial charge in [-0.15, -0.1) is 5.10 Å². The van der Waals surface area contributed by atoms with Gasteiger partial charge in [0.1, 0.15) is 37.9 Å². The highest BCUT2D eigenvalue weighted by Gasteiger charge is 2.51. The summed E-state index contributed by atoms with van der Waals surface area (Å²) in [6.07, 6.45) is 6.69. The minimum atomic E-state index is -2.02. The Balaban J connectivity index is 0.732. The molecule has 2 aliphatic heterocycles. The lowest BCUT2D eigenvalue weighted by Crippen LogP contribution is -2.48. The van der Waals surface area contributed by atoms with Gasteiger partial charge in [0.2, 0.25) is 23.3 Å². The number of aryl methyl sites for hydroxylation is 3. The second-order valence-electron chi connectivity index (χ2n) is 22.7. The third kappa shape index (κ3) is 13.7. The third-order valence-electron chi connectivity index (χ3n) is 16.3. The average Bonchev–Trinajstić information content (AvgIpc) is 4.30. The number of phenols is 1. The topological polar surface area (TPSA) is 299 Å². The predicted octanol–water partition coefficient (Wildman–Crippen LogP) is 6.33. The van der Waals surface area contributed by atoms with Gasteiger partial charge in [-0.3, -0.25) is 28.4 Å². The number of esters is 1. The number of hydrogen-bond acceptors (Lipinski definition) is 17. The van der Waals surface area contributed by atoms with Crippen molar-refractivity contribution in [3.8, 4) is 28.9 Å². The summed E-state index contributed by atoms with van der Waals surface area (Å²) in [5, 5.41) is 49.0. The summed E-state index contributed by atoms with van der Waals surface area (Å²) in [6.45, 7) is 15.3. The molecule has 0 saturated heterocycles. The van der Waals surface area contributed by atoms with Crippen molar-refractivity contribution in [2.45, 2.75) is 176 Å². The van der Waals surface area contributed by atoms with Gasteiger partial charge in [0.15, 0.2) is 11.8 Å². The van der Waals surface area contributed by atoms with Crippen LogP contribution in [0.1, 0.15) is 140 Å². The molecule has 23 nitrogen and oxygen atoms in total. The predicted molar refractivity (Wildman–Crippen MR) is 299 cm³/mol. The molecule has 0 bridgehead atoms. The molecule has 444 valence electrons. The molecule has 1 aromatic carbocycles. The van der Waals surface area contributed by atoms with Crippen LogP contribution in [-0.2, 0) is 94.1 Å². The van der Waals surface area contributed by atoms with Crippen molar-refractivity contribution < 1.29 is 63.0 Å². The summed E-state index contributed by atoms with van der Waals surface area (Å²) in [5.74, 6) is -1.68. The number of nitrogens with one attached hydrogen (secondary N) is 3. The maximum absolute atomic E-state index is 14.1. The maximum atomic E-state index is 14.1. The largest absolute Gasteiger partial charge is 0.509 e. The normalized spacial score (nSPS) is 18.3. The number of fused-ring (bicyclic) bond motifs is 5. The smallest absolute Gasteiger partial charge is 0.508 e. The van der Waals surface area contributed by atoms with E-state index in [9.17, 15) is 44.1 Å². The number of nitrogens with zero attached hydrogens (tertiary/aromatic N) is 6. The number of aromatic nitrogens is 6. The number of cyclic esters (lactones) is 1. The van der Waals surface area contributed by atoms with Crippen molar-refractivity contribution in [2.24, 2.45) is 17.8 Å². The van der Waals surface area contributed by atoms with Gasteiger partial charge in [-0.1, -0.05) is 46.8 Å². The maximum Gasteiger partial charge on any atom is 0.509 e. The zero-order valence-electron chi connectivity index (χ0n) is 48.3. The Morgan fingerprint density at radius 2 is 1.71 bits per heavy atom. The Hall–Kier alpha value is -7.53. The molecule has 3 unspecified atom stereocenters. The van der Waals surface area contributed by atoms with E-state index in [1.54, 1.807) is 51.1 Å². The van der Waals surface area contributed by atoms with Crippen LogP contribution in [0, 0.1) is 17.8 Å². The molecule has 1 fully saturated rings. The van der Waals surface area contributed by atoms with Gasteiger partial charge >= 0.3 is 12.1 Å². The fourth-order valence-corrected chi connectivity index (χ4v) is 11.3. The van der Waals surface area contributed by atoms with Crippen molar-refractivity contribution in [1.29, 1.82) is 0 Å². The summed E-state index contributed by atoms with van der Waals surface area (Å²) in [7, 11) is 0. The van der Waals surface area contributed by atoms with Crippen LogP contribution in [0.25, 0.3) is 22.3 Å². The summed E-state index contributed by atoms with van der Waals surface area (Å²) in [4.78, 5) is 85.2. The zero-order chi connectivity index (χ0) is 59.0. The fraction of sp³-hybridized carbons (Fsp3) is 0.576. The molecule has 0 radical (unpaired) electrons. The van der Waals surface area contributed by atoms with E-state index in [-0.39, 0.29) is 91.1 Å². The quantitative estimate of drug-likeness (QED) is 0.0324. The summed E-state index contributed by atoms with van der Waals surface area (Å²) < 4.78 is 33.4. The van der Waals surface area contributed by atoms with Crippen LogP contribution in [0.5, 0.6) is 17.5 Å². The van der Waals surface area contributed by atoms with Gasteiger partial charge in [0.25, 0.3) is 5.56 Å². The molecule has 3 amide bonds. The van der Waals surface area contributed by atoms with Gasteiger partial charge in [-0.05, 0) is 120 Å². The van der Waals surface area contributed by atoms with E-state index in [0.29, 0.717) is 68.0 Å². The molecule has 8 rings (SSSR count). The van der Waals surface area contributed by atoms with E-state index < -0.39 is 59.9 Å². The van der Waals surface area contributed by atoms with Crippen LogP contribution in [0.4, 0.5) is 4.79 Å². The van der Waals surface area contributed by atoms with Gasteiger partial charge in [-0.25, -0.2) is 14.6 Å². The number of hydrogen-bond donors (Lipinski definition) is 6. The van der Waals surface area contributed by atoms with Crippen molar-refractivity contribution in [3.63, 3.8) is 0 Å². The number of pyridine rings is 2. The fourth-order valence-electron chi connectivity index (χ4n) is 11.3. The number of ether oxygens (including phenoxy) is 5. The number of amides is 3. The summed E-state index contributed by atoms with van der Waals surface area (Å²) in [5.41, 5.74) is 1.98. The van der Waals surface area contributed by atoms with Crippen LogP contribution in [0.2, 0.25) is 0 Å². The number of carbonyl (C=O) groups excluding carboxylic acids is 5. The Morgan fingerprint density at radius 3 is 2.40 bits per heavy atom. The van der Waals surface area contributed by atoms with E-state index in [2.05, 4.69) is 26.3 Å². The lowest BCUT2D eigenvalue weighted by atomic mass is 9.81. The highest BCUT2D eigenvalue weighted by atomic mass is 16.7. The molecular formula is C59H79N9O14. The van der Waals surface area contributed by atoms with Gasteiger partial charge in [0.05, 0.1) is 53.9 Å². The van der Waals surface area contributed by atoms with Crippen LogP contribution < -0.4 is 21.5 Å². The Bertz CT molecular complexity index is 3210. The number of phenolic OH excluding ortho intramolecular Hbond substituents is 1. The van der Waals surface area contributed by atoms with Crippen LogP contribution in [0.15, 0.2) is 41.3 Å². The molecule has 6 N–H and O–H groups in total. The van der Waals surface area contributed by atoms with Crippen LogP contribution in [-0.4, -0.2) is 118 Å². The molecule has 5 aromatic rings. The van der Waals surface area contributed by atoms with Crippen LogP contribution >= 0.6 is 0 Å². The number of rotatable bonds is 26. The van der Waals surface area contributed by atoms with E-state index >= 15 is 0 Å². The molecular weight excluding hydrogens is 1060 g/mol. The number of aromatic hydroxyl groups is 3. The van der Waals surface area contributed by atoms with Gasteiger partial charge in [-0.2, -0.15) is 0 Å². The molecule has 82 heavy (non-hydrogen) atoms. The molecule has 4 aromatic heterocycles. The van der Waals surface area contributed by atoms with E-state index in [4.69, 9.17) is 28.7 Å². The first-order valence-corrected chi connectivity index (χ1v) is 28.7. The zero-order valence-corrected chi connectivity index (χ0v) is 48.3. The molecule has 6 heterocycles. The van der Waals surface area contributed by atoms with Crippen molar-refractivity contribution in [1.82, 2.24) is 45.1 Å².